The van der Waals surface area contributed by atoms with Gasteiger partial charge in [-0.1, -0.05) is 6.92 Å². The fourth-order valence-electron chi connectivity index (χ4n) is 1.58. The van der Waals surface area contributed by atoms with Crippen LogP contribution in [-0.4, -0.2) is 22.1 Å². The molecule has 0 amide bonds. The maximum atomic E-state index is 11.7. The second-order valence-corrected chi connectivity index (χ2v) is 3.98. The Labute approximate surface area is 90.5 Å². The zero-order valence-corrected chi connectivity index (χ0v) is 9.44. The molecule has 15 heavy (non-hydrogen) atoms. The van der Waals surface area contributed by atoms with Gasteiger partial charge in [-0.3, -0.25) is 9.48 Å². The second kappa shape index (κ2) is 5.66. The van der Waals surface area contributed by atoms with E-state index in [1.165, 1.54) is 0 Å². The van der Waals surface area contributed by atoms with E-state index >= 15 is 0 Å². The minimum absolute atomic E-state index is 0.166. The van der Waals surface area contributed by atoms with E-state index in [4.69, 9.17) is 5.73 Å². The summed E-state index contributed by atoms with van der Waals surface area (Å²) in [5.74, 6) is 0.686. The highest BCUT2D eigenvalue weighted by Crippen LogP contribution is 2.12. The van der Waals surface area contributed by atoms with Gasteiger partial charge in [0.2, 0.25) is 0 Å². The quantitative estimate of drug-likeness (QED) is 0.720. The fourth-order valence-corrected chi connectivity index (χ4v) is 1.58. The lowest BCUT2D eigenvalue weighted by Crippen LogP contribution is -2.10. The van der Waals surface area contributed by atoms with Gasteiger partial charge < -0.3 is 5.73 Å². The summed E-state index contributed by atoms with van der Waals surface area (Å²) in [7, 11) is 1.79. The van der Waals surface area contributed by atoms with Crippen molar-refractivity contribution in [1.82, 2.24) is 9.78 Å². The maximum absolute atomic E-state index is 11.7. The monoisotopic (exact) mass is 209 g/mol. The van der Waals surface area contributed by atoms with Crippen molar-refractivity contribution in [2.24, 2.45) is 18.7 Å². The van der Waals surface area contributed by atoms with Crippen LogP contribution in [0.25, 0.3) is 0 Å². The molecule has 0 spiro atoms. The third kappa shape index (κ3) is 3.47. The van der Waals surface area contributed by atoms with E-state index in [-0.39, 0.29) is 5.78 Å². The Kier molecular flexibility index (Phi) is 4.49. The summed E-state index contributed by atoms with van der Waals surface area (Å²) in [5.41, 5.74) is 6.15. The van der Waals surface area contributed by atoms with Crippen LogP contribution in [0.3, 0.4) is 0 Å². The first kappa shape index (κ1) is 11.9. The number of nitrogens with two attached hydrogens (primary N) is 1. The first-order valence-electron chi connectivity index (χ1n) is 5.36. The zero-order valence-electron chi connectivity index (χ0n) is 9.44. The number of carbonyl (C=O) groups is 1. The topological polar surface area (TPSA) is 60.9 Å². The predicted molar refractivity (Wildman–Crippen MR) is 59.6 cm³/mol. The highest BCUT2D eigenvalue weighted by atomic mass is 16.1. The average Bonchev–Trinajstić information content (AvgIpc) is 2.61. The van der Waals surface area contributed by atoms with Crippen molar-refractivity contribution in [3.05, 3.63) is 18.0 Å². The van der Waals surface area contributed by atoms with Crippen molar-refractivity contribution in [2.45, 2.75) is 26.2 Å². The number of aryl methyl sites for hydroxylation is 1. The maximum Gasteiger partial charge on any atom is 0.180 e. The number of aromatic nitrogens is 2. The summed E-state index contributed by atoms with van der Waals surface area (Å²) in [6.45, 7) is 2.82. The molecule has 0 radical (unpaired) electrons. The number of hydrogen-bond acceptors (Lipinski definition) is 3. The highest BCUT2D eigenvalue weighted by Gasteiger charge is 2.11. The van der Waals surface area contributed by atoms with E-state index < -0.39 is 0 Å². The summed E-state index contributed by atoms with van der Waals surface area (Å²) < 4.78 is 1.62. The molecule has 0 fully saturated rings. The number of rotatable bonds is 6. The van der Waals surface area contributed by atoms with Gasteiger partial charge in [-0.05, 0) is 31.4 Å². The molecule has 2 N–H and O–H groups in total. The minimum Gasteiger partial charge on any atom is -0.330 e. The molecule has 0 aliphatic rings. The molecule has 4 heteroatoms. The lowest BCUT2D eigenvalue weighted by Gasteiger charge is -2.08. The molecule has 84 valence electrons. The van der Waals surface area contributed by atoms with E-state index in [1.54, 1.807) is 24.0 Å². The molecular weight excluding hydrogens is 190 g/mol. The van der Waals surface area contributed by atoms with E-state index in [2.05, 4.69) is 12.0 Å². The number of hydrogen-bond donors (Lipinski definition) is 1. The van der Waals surface area contributed by atoms with Crippen LogP contribution < -0.4 is 5.73 Å². The first-order chi connectivity index (χ1) is 7.15. The Balaban J connectivity index is 2.40. The smallest absolute Gasteiger partial charge is 0.180 e. The van der Waals surface area contributed by atoms with E-state index in [0.717, 1.165) is 12.8 Å². The summed E-state index contributed by atoms with van der Waals surface area (Å²) in [6.07, 6.45) is 4.12. The molecule has 1 atom stereocenters. The molecule has 1 aromatic rings. The van der Waals surface area contributed by atoms with Gasteiger partial charge in [0.1, 0.15) is 5.69 Å². The van der Waals surface area contributed by atoms with Gasteiger partial charge in [0, 0.05) is 19.7 Å². The van der Waals surface area contributed by atoms with Gasteiger partial charge >= 0.3 is 0 Å². The molecule has 0 bridgehead atoms. The van der Waals surface area contributed by atoms with Crippen molar-refractivity contribution in [2.75, 3.05) is 6.54 Å². The number of ketones is 1. The van der Waals surface area contributed by atoms with E-state index in [1.807, 2.05) is 0 Å². The summed E-state index contributed by atoms with van der Waals surface area (Å²) in [4.78, 5) is 11.7. The largest absolute Gasteiger partial charge is 0.330 e. The standard InChI is InChI=1S/C11H19N3O/c1-9(5-7-12)3-4-11(15)10-6-8-13-14(10)2/h6,8-9H,3-5,7,12H2,1-2H3. The fraction of sp³-hybridized carbons (Fsp3) is 0.636. The normalized spacial score (nSPS) is 12.7. The number of nitrogens with zero attached hydrogens (tertiary/aromatic N) is 2. The summed E-state index contributed by atoms with van der Waals surface area (Å²) in [6, 6.07) is 1.76. The van der Waals surface area contributed by atoms with Gasteiger partial charge in [0.25, 0.3) is 0 Å². The van der Waals surface area contributed by atoms with Crippen LogP contribution in [0, 0.1) is 5.92 Å². The van der Waals surface area contributed by atoms with Crippen LogP contribution in [0.5, 0.6) is 0 Å². The molecule has 0 aliphatic carbocycles. The van der Waals surface area contributed by atoms with Gasteiger partial charge in [0.05, 0.1) is 0 Å². The van der Waals surface area contributed by atoms with Crippen molar-refractivity contribution < 1.29 is 4.79 Å². The Morgan fingerprint density at radius 1 is 1.60 bits per heavy atom. The molecule has 0 aliphatic heterocycles. The van der Waals surface area contributed by atoms with Crippen LogP contribution in [0.15, 0.2) is 12.3 Å². The third-order valence-corrected chi connectivity index (χ3v) is 2.63. The lowest BCUT2D eigenvalue weighted by atomic mass is 9.99. The summed E-state index contributed by atoms with van der Waals surface area (Å²) in [5, 5.41) is 3.98. The van der Waals surface area contributed by atoms with Crippen LogP contribution in [0.2, 0.25) is 0 Å². The molecule has 1 rings (SSSR count). The number of carbonyl (C=O) groups excluding carboxylic acids is 1. The molecule has 4 nitrogen and oxygen atoms in total. The minimum atomic E-state index is 0.166. The molecule has 0 saturated heterocycles. The lowest BCUT2D eigenvalue weighted by molar-refractivity contribution is 0.0965. The molecule has 1 aromatic heterocycles. The van der Waals surface area contributed by atoms with Gasteiger partial charge in [0.15, 0.2) is 5.78 Å². The second-order valence-electron chi connectivity index (χ2n) is 3.98. The first-order valence-corrected chi connectivity index (χ1v) is 5.36. The van der Waals surface area contributed by atoms with Gasteiger partial charge in [-0.25, -0.2) is 0 Å². The van der Waals surface area contributed by atoms with Crippen LogP contribution in [0.1, 0.15) is 36.7 Å². The predicted octanol–water partition coefficient (Wildman–Crippen LogP) is 1.37. The zero-order chi connectivity index (χ0) is 11.3. The van der Waals surface area contributed by atoms with Crippen molar-refractivity contribution in [1.29, 1.82) is 0 Å². The van der Waals surface area contributed by atoms with Crippen molar-refractivity contribution in [3.8, 4) is 0 Å². The Hall–Kier alpha value is -1.16. The van der Waals surface area contributed by atoms with Gasteiger partial charge in [-0.2, -0.15) is 5.10 Å². The molecule has 0 aromatic carbocycles. The van der Waals surface area contributed by atoms with Gasteiger partial charge in [-0.15, -0.1) is 0 Å². The van der Waals surface area contributed by atoms with Crippen LogP contribution in [0.4, 0.5) is 0 Å². The molecule has 1 unspecified atom stereocenters. The summed E-state index contributed by atoms with van der Waals surface area (Å²) >= 11 is 0. The van der Waals surface area contributed by atoms with E-state index in [9.17, 15) is 4.79 Å². The molecular formula is C11H19N3O. The van der Waals surface area contributed by atoms with E-state index in [0.29, 0.717) is 24.6 Å². The number of Topliss-reactive ketones (excluding diaryl/α,β-unsaturated/α-hetero) is 1. The third-order valence-electron chi connectivity index (χ3n) is 2.63. The Bertz CT molecular complexity index is 319. The molecule has 0 saturated carbocycles. The van der Waals surface area contributed by atoms with Crippen molar-refractivity contribution >= 4 is 5.78 Å². The highest BCUT2D eigenvalue weighted by molar-refractivity contribution is 5.94. The van der Waals surface area contributed by atoms with Crippen LogP contribution in [-0.2, 0) is 7.05 Å². The SMILES string of the molecule is CC(CCN)CCC(=O)c1ccnn1C. The molecule has 1 heterocycles. The van der Waals surface area contributed by atoms with Crippen LogP contribution >= 0.6 is 0 Å². The van der Waals surface area contributed by atoms with Crippen molar-refractivity contribution in [3.63, 3.8) is 0 Å². The average molecular weight is 209 g/mol. The Morgan fingerprint density at radius 2 is 2.33 bits per heavy atom. The Morgan fingerprint density at radius 3 is 2.87 bits per heavy atom.